The van der Waals surface area contributed by atoms with Gasteiger partial charge in [0.15, 0.2) is 0 Å². The number of methoxy groups -OCH3 is 1. The van der Waals surface area contributed by atoms with Gasteiger partial charge in [0.05, 0.1) is 31.1 Å². The van der Waals surface area contributed by atoms with Crippen LogP contribution in [-0.2, 0) is 32.1 Å². The minimum Gasteiger partial charge on any atom is -0.453 e. The summed E-state index contributed by atoms with van der Waals surface area (Å²) >= 11 is 0. The molecule has 4 aromatic rings. The third kappa shape index (κ3) is 12.2. The fourth-order valence-electron chi connectivity index (χ4n) is 7.65. The molecule has 14 nitrogen and oxygen atoms in total. The van der Waals surface area contributed by atoms with E-state index in [1.54, 1.807) is 33.0 Å². The van der Waals surface area contributed by atoms with E-state index in [-0.39, 0.29) is 32.0 Å². The Bertz CT molecular complexity index is 2110. The van der Waals surface area contributed by atoms with Crippen LogP contribution in [0.3, 0.4) is 0 Å². The third-order valence-electron chi connectivity index (χ3n) is 11.2. The molecule has 0 bridgehead atoms. The molecule has 0 saturated carbocycles. The van der Waals surface area contributed by atoms with Crippen LogP contribution >= 0.6 is 0 Å². The number of alkyl carbamates (subject to hydrolysis) is 1. The van der Waals surface area contributed by atoms with Crippen molar-refractivity contribution in [3.8, 4) is 11.3 Å². The molecule has 5 rings (SSSR count). The number of hydrogen-bond acceptors (Lipinski definition) is 9. The van der Waals surface area contributed by atoms with Crippen molar-refractivity contribution in [3.63, 3.8) is 0 Å². The van der Waals surface area contributed by atoms with Crippen LogP contribution in [0.15, 0.2) is 97.2 Å². The molecule has 1 aliphatic rings. The number of nitrogens with zero attached hydrogens (tertiary/aromatic N) is 4. The van der Waals surface area contributed by atoms with Gasteiger partial charge in [-0.25, -0.2) is 9.59 Å². The van der Waals surface area contributed by atoms with Crippen LogP contribution in [-0.4, -0.2) is 99.1 Å². The van der Waals surface area contributed by atoms with Crippen LogP contribution in [0.25, 0.3) is 11.3 Å². The number of nitrogens with one attached hydrogen (secondary N) is 3. The molecule has 3 heterocycles. The molecule has 6 unspecified atom stereocenters. The van der Waals surface area contributed by atoms with Gasteiger partial charge in [-0.3, -0.25) is 29.3 Å². The average Bonchev–Trinajstić information content (AvgIpc) is 3.51. The first-order valence-electron chi connectivity index (χ1n) is 20.8. The maximum atomic E-state index is 14.8. The fourth-order valence-corrected chi connectivity index (χ4v) is 7.65. The highest BCUT2D eigenvalue weighted by Crippen LogP contribution is 2.30. The second-order valence-electron chi connectivity index (χ2n) is 16.8. The lowest BCUT2D eigenvalue weighted by Gasteiger charge is -2.35. The van der Waals surface area contributed by atoms with Gasteiger partial charge in [0.1, 0.15) is 18.6 Å². The molecule has 2 aromatic heterocycles. The summed E-state index contributed by atoms with van der Waals surface area (Å²) in [6.07, 6.45) is 0.826. The molecule has 1 aliphatic heterocycles. The molecule has 0 spiro atoms. The predicted octanol–water partition coefficient (Wildman–Crippen LogP) is 5.78. The molecule has 61 heavy (non-hydrogen) atoms. The molecule has 14 heteroatoms. The number of urea groups is 1. The van der Waals surface area contributed by atoms with Gasteiger partial charge in [0.2, 0.25) is 11.8 Å². The van der Waals surface area contributed by atoms with E-state index in [4.69, 9.17) is 4.74 Å². The maximum absolute atomic E-state index is 14.8. The van der Waals surface area contributed by atoms with Gasteiger partial charge in [-0.15, -0.1) is 0 Å². The molecule has 4 N–H and O–H groups in total. The molecular formula is C47H59N7O7. The zero-order valence-electron chi connectivity index (χ0n) is 36.1. The monoisotopic (exact) mass is 833 g/mol. The summed E-state index contributed by atoms with van der Waals surface area (Å²) in [7, 11) is 1.21. The third-order valence-corrected chi connectivity index (χ3v) is 11.2. The summed E-state index contributed by atoms with van der Waals surface area (Å²) < 4.78 is 4.75. The Morgan fingerprint density at radius 2 is 1.61 bits per heavy atom. The van der Waals surface area contributed by atoms with Crippen LogP contribution in [0, 0.1) is 18.3 Å². The summed E-state index contributed by atoms with van der Waals surface area (Å²) in [4.78, 5) is 79.3. The topological polar surface area (TPSA) is 183 Å². The van der Waals surface area contributed by atoms with E-state index in [1.807, 2.05) is 106 Å². The van der Waals surface area contributed by atoms with E-state index < -0.39 is 65.4 Å². The second-order valence-corrected chi connectivity index (χ2v) is 16.8. The molecule has 1 saturated heterocycles. The quantitative estimate of drug-likeness (QED) is 0.0904. The Labute approximate surface area is 358 Å². The number of carbonyl (C=O) groups excluding carboxylic acids is 5. The lowest BCUT2D eigenvalue weighted by atomic mass is 9.82. The molecule has 6 amide bonds. The van der Waals surface area contributed by atoms with E-state index in [2.05, 4.69) is 25.9 Å². The number of aliphatic hydroxyl groups excluding tert-OH is 1. The van der Waals surface area contributed by atoms with Crippen LogP contribution < -0.4 is 16.0 Å². The highest BCUT2D eigenvalue weighted by Gasteiger charge is 2.45. The molecule has 1 fully saturated rings. The van der Waals surface area contributed by atoms with Crippen molar-refractivity contribution in [2.75, 3.05) is 20.2 Å². The van der Waals surface area contributed by atoms with E-state index >= 15 is 0 Å². The summed E-state index contributed by atoms with van der Waals surface area (Å²) in [5, 5.41) is 20.3. The SMILES string of the molecule is CCC(C)C(C(=O)NC(CC(O)CNC(=O)C(NC(=O)OC)C(C)(C)C)C(Cc1ccc(-c2ccccn2)cc1)c1ccccc1)N1CC(=O)N(Cc2cccc(C)n2)C1=O. The normalized spacial score (nSPS) is 15.9. The van der Waals surface area contributed by atoms with E-state index in [9.17, 15) is 29.1 Å². The minimum atomic E-state index is -1.15. The number of aryl methyl sites for hydroxylation is 1. The summed E-state index contributed by atoms with van der Waals surface area (Å²) in [5.41, 5.74) is 4.27. The van der Waals surface area contributed by atoms with Gasteiger partial charge in [-0.1, -0.05) is 108 Å². The minimum absolute atomic E-state index is 0.00741. The highest BCUT2D eigenvalue weighted by atomic mass is 16.5. The van der Waals surface area contributed by atoms with Crippen LogP contribution in [0.2, 0.25) is 0 Å². The Balaban J connectivity index is 1.46. The van der Waals surface area contributed by atoms with Crippen molar-refractivity contribution >= 4 is 29.8 Å². The Morgan fingerprint density at radius 1 is 0.902 bits per heavy atom. The van der Waals surface area contributed by atoms with Crippen LogP contribution in [0.1, 0.15) is 75.9 Å². The van der Waals surface area contributed by atoms with Crippen molar-refractivity contribution in [1.82, 2.24) is 35.7 Å². The van der Waals surface area contributed by atoms with Crippen LogP contribution in [0.5, 0.6) is 0 Å². The lowest BCUT2D eigenvalue weighted by molar-refractivity contribution is -0.129. The smallest absolute Gasteiger partial charge is 0.407 e. The van der Waals surface area contributed by atoms with Crippen molar-refractivity contribution < 1.29 is 33.8 Å². The van der Waals surface area contributed by atoms with E-state index in [1.165, 1.54) is 12.0 Å². The fraction of sp³-hybridized carbons (Fsp3) is 0.426. The van der Waals surface area contributed by atoms with Crippen molar-refractivity contribution in [2.24, 2.45) is 11.3 Å². The Kier molecular flexibility index (Phi) is 15.7. The Hall–Kier alpha value is -6.15. The van der Waals surface area contributed by atoms with Crippen molar-refractivity contribution in [2.45, 2.75) is 97.5 Å². The number of imide groups is 1. The molecule has 324 valence electrons. The number of ether oxygens (including phenoxy) is 1. The standard InChI is InChI=1S/C47H59N7O7/c1-8-30(2)41(54-29-40(56)53(46(54)60)28-35-18-14-15-31(3)50-35)43(57)51-39(26-36(55)27-49-44(58)42(47(4,5)6)52-45(59)61-7)37(33-16-10-9-11-17-33)25-32-20-22-34(23-21-32)38-19-12-13-24-48-38/h9-24,30,36-37,39,41-42,55H,8,25-29H2,1-7H3,(H,49,58)(H,51,57)(H,52,59). The van der Waals surface area contributed by atoms with Gasteiger partial charge in [-0.05, 0) is 66.5 Å². The van der Waals surface area contributed by atoms with Gasteiger partial charge < -0.3 is 30.7 Å². The first-order chi connectivity index (χ1) is 29.1. The van der Waals surface area contributed by atoms with Crippen LogP contribution in [0.4, 0.5) is 9.59 Å². The molecular weight excluding hydrogens is 775 g/mol. The van der Waals surface area contributed by atoms with Gasteiger partial charge >= 0.3 is 12.1 Å². The predicted molar refractivity (Wildman–Crippen MR) is 232 cm³/mol. The van der Waals surface area contributed by atoms with E-state index in [0.717, 1.165) is 33.0 Å². The summed E-state index contributed by atoms with van der Waals surface area (Å²) in [6, 6.07) is 25.6. The molecule has 2 aromatic carbocycles. The molecule has 6 atom stereocenters. The number of amides is 6. The van der Waals surface area contributed by atoms with Gasteiger partial charge in [-0.2, -0.15) is 0 Å². The van der Waals surface area contributed by atoms with E-state index in [0.29, 0.717) is 18.5 Å². The molecule has 0 radical (unpaired) electrons. The number of aliphatic hydroxyl groups is 1. The number of pyridine rings is 2. The first kappa shape index (κ1) is 45.9. The Morgan fingerprint density at radius 3 is 2.23 bits per heavy atom. The van der Waals surface area contributed by atoms with Gasteiger partial charge in [0, 0.05) is 36.0 Å². The average molecular weight is 834 g/mol. The zero-order valence-corrected chi connectivity index (χ0v) is 36.1. The van der Waals surface area contributed by atoms with Gasteiger partial charge in [0.25, 0.3) is 5.91 Å². The zero-order chi connectivity index (χ0) is 44.3. The van der Waals surface area contributed by atoms with Crippen molar-refractivity contribution in [1.29, 1.82) is 0 Å². The van der Waals surface area contributed by atoms with Crippen molar-refractivity contribution in [3.05, 3.63) is 120 Å². The number of rotatable bonds is 18. The number of aromatic nitrogens is 2. The second kappa shape index (κ2) is 20.9. The number of carbonyl (C=O) groups is 5. The summed E-state index contributed by atoms with van der Waals surface area (Å²) in [6.45, 7) is 10.5. The first-order valence-corrected chi connectivity index (χ1v) is 20.8. The summed E-state index contributed by atoms with van der Waals surface area (Å²) in [5.74, 6) is -2.14. The highest BCUT2D eigenvalue weighted by molar-refractivity contribution is 6.04. The maximum Gasteiger partial charge on any atom is 0.407 e. The molecule has 0 aliphatic carbocycles. The number of benzene rings is 2. The lowest BCUT2D eigenvalue weighted by Crippen LogP contribution is -2.56. The largest absolute Gasteiger partial charge is 0.453 e. The number of hydrogen-bond donors (Lipinski definition) is 4.